The summed E-state index contributed by atoms with van der Waals surface area (Å²) < 4.78 is 1.04. The second-order valence-electron chi connectivity index (χ2n) is 3.38. The fourth-order valence-electron chi connectivity index (χ4n) is 1.59. The number of halogens is 1. The Balaban J connectivity index is 2.58. The van der Waals surface area contributed by atoms with Gasteiger partial charge in [-0.3, -0.25) is 0 Å². The van der Waals surface area contributed by atoms with E-state index in [9.17, 15) is 0 Å². The molecule has 0 aliphatic carbocycles. The molecule has 2 aromatic rings. The van der Waals surface area contributed by atoms with E-state index in [1.54, 1.807) is 6.21 Å². The molecule has 0 heterocycles. The van der Waals surface area contributed by atoms with Gasteiger partial charge < -0.3 is 5.84 Å². The van der Waals surface area contributed by atoms with Gasteiger partial charge in [-0.05, 0) is 23.3 Å². The predicted octanol–water partition coefficient (Wildman–Crippen LogP) is 3.41. The van der Waals surface area contributed by atoms with Gasteiger partial charge in [0.15, 0.2) is 0 Å². The summed E-state index contributed by atoms with van der Waals surface area (Å²) in [6.07, 6.45) is 1.66. The van der Waals surface area contributed by atoms with Crippen LogP contribution in [0.3, 0.4) is 0 Å². The van der Waals surface area contributed by atoms with Crippen LogP contribution < -0.4 is 5.84 Å². The maximum Gasteiger partial charge on any atom is 0.0544 e. The highest BCUT2D eigenvalue weighted by Gasteiger charge is 2.03. The minimum atomic E-state index is 1.01. The van der Waals surface area contributed by atoms with E-state index in [4.69, 9.17) is 5.84 Å². The summed E-state index contributed by atoms with van der Waals surface area (Å²) >= 11 is 3.47. The molecule has 2 nitrogen and oxygen atoms in total. The van der Waals surface area contributed by atoms with Crippen molar-refractivity contribution in [2.24, 2.45) is 10.9 Å². The number of hydrogen-bond acceptors (Lipinski definition) is 2. The van der Waals surface area contributed by atoms with E-state index in [0.717, 1.165) is 21.2 Å². The van der Waals surface area contributed by atoms with E-state index in [0.29, 0.717) is 0 Å². The van der Waals surface area contributed by atoms with E-state index < -0.39 is 0 Å². The highest BCUT2D eigenvalue weighted by atomic mass is 79.9. The molecule has 0 spiro atoms. The maximum atomic E-state index is 5.20. The number of hydrazone groups is 1. The van der Waals surface area contributed by atoms with Gasteiger partial charge in [0.1, 0.15) is 0 Å². The van der Waals surface area contributed by atoms with Gasteiger partial charge >= 0.3 is 0 Å². The van der Waals surface area contributed by atoms with E-state index >= 15 is 0 Å². The minimum absolute atomic E-state index is 1.01. The summed E-state index contributed by atoms with van der Waals surface area (Å²) in [5.74, 6) is 5.20. The predicted molar refractivity (Wildman–Crippen MR) is 71.4 cm³/mol. The summed E-state index contributed by atoms with van der Waals surface area (Å²) in [7, 11) is 0. The molecule has 0 amide bonds. The lowest BCUT2D eigenvalue weighted by atomic mass is 10.0. The SMILES string of the molecule is NN=Cc1ccc(Br)cc1-c1ccccc1. The number of rotatable bonds is 2. The van der Waals surface area contributed by atoms with Crippen LogP contribution >= 0.6 is 15.9 Å². The summed E-state index contributed by atoms with van der Waals surface area (Å²) in [4.78, 5) is 0. The summed E-state index contributed by atoms with van der Waals surface area (Å²) in [5, 5.41) is 3.58. The standard InChI is InChI=1S/C13H11BrN2/c14-12-7-6-11(9-16-15)13(8-12)10-4-2-1-3-5-10/h1-9H,15H2. The molecule has 0 saturated heterocycles. The molecule has 0 radical (unpaired) electrons. The molecule has 2 N–H and O–H groups in total. The summed E-state index contributed by atoms with van der Waals surface area (Å²) in [6.45, 7) is 0. The zero-order chi connectivity index (χ0) is 11.4. The Morgan fingerprint density at radius 1 is 1.06 bits per heavy atom. The minimum Gasteiger partial charge on any atom is -0.323 e. The first kappa shape index (κ1) is 10.9. The molecule has 2 rings (SSSR count). The molecule has 0 aliphatic heterocycles. The first-order valence-corrected chi connectivity index (χ1v) is 5.69. The molecule has 0 unspecified atom stereocenters. The van der Waals surface area contributed by atoms with Crippen LogP contribution in [0, 0.1) is 0 Å². The molecule has 2 aromatic carbocycles. The van der Waals surface area contributed by atoms with Gasteiger partial charge in [0, 0.05) is 10.0 Å². The van der Waals surface area contributed by atoms with Crippen LogP contribution in [0.1, 0.15) is 5.56 Å². The van der Waals surface area contributed by atoms with Gasteiger partial charge in [-0.25, -0.2) is 0 Å². The van der Waals surface area contributed by atoms with Crippen molar-refractivity contribution in [2.45, 2.75) is 0 Å². The van der Waals surface area contributed by atoms with Crippen LogP contribution in [0.25, 0.3) is 11.1 Å². The maximum absolute atomic E-state index is 5.20. The van der Waals surface area contributed by atoms with Gasteiger partial charge in [0.25, 0.3) is 0 Å². The van der Waals surface area contributed by atoms with Crippen LogP contribution in [0.2, 0.25) is 0 Å². The molecule has 16 heavy (non-hydrogen) atoms. The van der Waals surface area contributed by atoms with Crippen molar-refractivity contribution in [2.75, 3.05) is 0 Å². The fraction of sp³-hybridized carbons (Fsp3) is 0. The number of hydrogen-bond donors (Lipinski definition) is 1. The van der Waals surface area contributed by atoms with E-state index in [1.165, 1.54) is 0 Å². The third kappa shape index (κ3) is 2.31. The lowest BCUT2D eigenvalue weighted by Crippen LogP contribution is -1.91. The van der Waals surface area contributed by atoms with Gasteiger partial charge in [-0.15, -0.1) is 0 Å². The molecular formula is C13H11BrN2. The second kappa shape index (κ2) is 4.94. The smallest absolute Gasteiger partial charge is 0.0544 e. The fourth-order valence-corrected chi connectivity index (χ4v) is 1.95. The van der Waals surface area contributed by atoms with Crippen molar-refractivity contribution in [1.29, 1.82) is 0 Å². The Morgan fingerprint density at radius 3 is 2.50 bits per heavy atom. The van der Waals surface area contributed by atoms with Crippen molar-refractivity contribution in [1.82, 2.24) is 0 Å². The summed E-state index contributed by atoms with van der Waals surface area (Å²) in [5.41, 5.74) is 3.28. The Labute approximate surface area is 103 Å². The van der Waals surface area contributed by atoms with Crippen molar-refractivity contribution in [3.63, 3.8) is 0 Å². The molecule has 0 atom stereocenters. The quantitative estimate of drug-likeness (QED) is 0.509. The molecule has 0 bridgehead atoms. The van der Waals surface area contributed by atoms with E-state index in [2.05, 4.69) is 39.2 Å². The van der Waals surface area contributed by atoms with Gasteiger partial charge in [-0.2, -0.15) is 5.10 Å². The third-order valence-corrected chi connectivity index (χ3v) is 2.81. The zero-order valence-corrected chi connectivity index (χ0v) is 10.2. The van der Waals surface area contributed by atoms with Crippen LogP contribution in [-0.4, -0.2) is 6.21 Å². The number of nitrogens with two attached hydrogens (primary N) is 1. The third-order valence-electron chi connectivity index (χ3n) is 2.31. The van der Waals surface area contributed by atoms with Crippen molar-refractivity contribution in [3.05, 3.63) is 58.6 Å². The molecular weight excluding hydrogens is 264 g/mol. The lowest BCUT2D eigenvalue weighted by molar-refractivity contribution is 1.26. The van der Waals surface area contributed by atoms with Crippen molar-refractivity contribution >= 4 is 22.1 Å². The van der Waals surface area contributed by atoms with Crippen LogP contribution in [0.15, 0.2) is 58.1 Å². The van der Waals surface area contributed by atoms with Gasteiger partial charge in [0.2, 0.25) is 0 Å². The highest BCUT2D eigenvalue weighted by Crippen LogP contribution is 2.26. The molecule has 80 valence electrons. The van der Waals surface area contributed by atoms with Crippen molar-refractivity contribution in [3.8, 4) is 11.1 Å². The van der Waals surface area contributed by atoms with E-state index in [1.807, 2.05) is 30.3 Å². The van der Waals surface area contributed by atoms with Gasteiger partial charge in [0.05, 0.1) is 6.21 Å². The molecule has 3 heteroatoms. The summed E-state index contributed by atoms with van der Waals surface area (Å²) in [6, 6.07) is 16.2. The van der Waals surface area contributed by atoms with Crippen molar-refractivity contribution < 1.29 is 0 Å². The first-order chi connectivity index (χ1) is 7.81. The molecule has 0 aliphatic rings. The number of benzene rings is 2. The first-order valence-electron chi connectivity index (χ1n) is 4.89. The number of nitrogens with zero attached hydrogens (tertiary/aromatic N) is 1. The second-order valence-corrected chi connectivity index (χ2v) is 4.29. The van der Waals surface area contributed by atoms with E-state index in [-0.39, 0.29) is 0 Å². The Morgan fingerprint density at radius 2 is 1.81 bits per heavy atom. The monoisotopic (exact) mass is 274 g/mol. The molecule has 0 aromatic heterocycles. The average Bonchev–Trinajstić information content (AvgIpc) is 2.33. The largest absolute Gasteiger partial charge is 0.323 e. The Kier molecular flexibility index (Phi) is 3.37. The normalized spacial score (nSPS) is 10.8. The van der Waals surface area contributed by atoms with Crippen LogP contribution in [0.4, 0.5) is 0 Å². The average molecular weight is 275 g/mol. The Hall–Kier alpha value is -1.61. The topological polar surface area (TPSA) is 38.4 Å². The Bertz CT molecular complexity index is 507. The molecule has 0 fully saturated rings. The van der Waals surface area contributed by atoms with Crippen LogP contribution in [-0.2, 0) is 0 Å². The zero-order valence-electron chi connectivity index (χ0n) is 8.60. The highest BCUT2D eigenvalue weighted by molar-refractivity contribution is 9.10. The molecule has 0 saturated carbocycles. The lowest BCUT2D eigenvalue weighted by Gasteiger charge is -2.06. The van der Waals surface area contributed by atoms with Crippen LogP contribution in [0.5, 0.6) is 0 Å². The van der Waals surface area contributed by atoms with Gasteiger partial charge in [-0.1, -0.05) is 52.3 Å².